The predicted octanol–water partition coefficient (Wildman–Crippen LogP) is 1.04. The molecule has 3 rings (SSSR count). The molecule has 0 spiro atoms. The summed E-state index contributed by atoms with van der Waals surface area (Å²) >= 11 is 0. The van der Waals surface area contributed by atoms with Gasteiger partial charge in [0.2, 0.25) is 0 Å². The Labute approximate surface area is 135 Å². The van der Waals surface area contributed by atoms with Crippen LogP contribution >= 0.6 is 0 Å². The zero-order chi connectivity index (χ0) is 16.1. The number of hydrogen-bond acceptors (Lipinski definition) is 5. The van der Waals surface area contributed by atoms with E-state index in [1.807, 2.05) is 6.07 Å². The normalized spacial score (nSPS) is 16.6. The average Bonchev–Trinajstić information content (AvgIpc) is 3.23. The third-order valence-electron chi connectivity index (χ3n) is 4.13. The minimum Gasteiger partial charge on any atom is -0.463 e. The minimum atomic E-state index is -0.155. The van der Waals surface area contributed by atoms with Crippen LogP contribution in [0.4, 0.5) is 0 Å². The van der Waals surface area contributed by atoms with Crippen molar-refractivity contribution in [2.24, 2.45) is 0 Å². The molecular formula is C16H23N5O2. The summed E-state index contributed by atoms with van der Waals surface area (Å²) in [5.74, 6) is 0.518. The highest BCUT2D eigenvalue weighted by Gasteiger charge is 2.14. The molecule has 0 unspecified atom stereocenters. The van der Waals surface area contributed by atoms with Crippen LogP contribution in [0.5, 0.6) is 0 Å². The van der Waals surface area contributed by atoms with E-state index in [0.717, 1.165) is 39.1 Å². The molecule has 0 bridgehead atoms. The second-order valence-electron chi connectivity index (χ2n) is 5.90. The van der Waals surface area contributed by atoms with E-state index >= 15 is 0 Å². The maximum atomic E-state index is 12.1. The summed E-state index contributed by atoms with van der Waals surface area (Å²) in [6, 6.07) is 5.33. The van der Waals surface area contributed by atoms with E-state index in [2.05, 4.69) is 32.4 Å². The molecule has 0 atom stereocenters. The molecule has 7 heteroatoms. The largest absolute Gasteiger partial charge is 0.463 e. The molecule has 2 aromatic rings. The van der Waals surface area contributed by atoms with Crippen molar-refractivity contribution in [1.29, 1.82) is 0 Å². The van der Waals surface area contributed by atoms with Crippen LogP contribution in [0.3, 0.4) is 0 Å². The molecule has 1 aliphatic rings. The number of likely N-dealkylation sites (N-methyl/N-ethyl adjacent to an activating group) is 1. The summed E-state index contributed by atoms with van der Waals surface area (Å²) in [4.78, 5) is 16.9. The maximum Gasteiger partial charge on any atom is 0.271 e. The van der Waals surface area contributed by atoms with E-state index < -0.39 is 0 Å². The Kier molecular flexibility index (Phi) is 5.09. The highest BCUT2D eigenvalue weighted by Crippen LogP contribution is 2.17. The van der Waals surface area contributed by atoms with Crippen LogP contribution in [0.2, 0.25) is 0 Å². The van der Waals surface area contributed by atoms with Crippen LogP contribution in [0.25, 0.3) is 11.5 Å². The number of carbonyl (C=O) groups excluding carboxylic acids is 1. The van der Waals surface area contributed by atoms with Gasteiger partial charge in [-0.3, -0.25) is 9.89 Å². The van der Waals surface area contributed by atoms with E-state index in [1.54, 1.807) is 18.4 Å². The number of furan rings is 1. The summed E-state index contributed by atoms with van der Waals surface area (Å²) in [6.45, 7) is 6.14. The molecule has 2 aromatic heterocycles. The molecule has 124 valence electrons. The Hall–Kier alpha value is -2.12. The molecular weight excluding hydrogens is 294 g/mol. The summed E-state index contributed by atoms with van der Waals surface area (Å²) < 4.78 is 5.27. The Bertz CT molecular complexity index is 614. The van der Waals surface area contributed by atoms with Gasteiger partial charge in [0.25, 0.3) is 5.91 Å². The first kappa shape index (κ1) is 15.8. The molecule has 23 heavy (non-hydrogen) atoms. The number of nitrogens with one attached hydrogen (secondary N) is 2. The zero-order valence-electron chi connectivity index (χ0n) is 13.4. The molecule has 0 aromatic carbocycles. The van der Waals surface area contributed by atoms with Crippen molar-refractivity contribution in [3.8, 4) is 11.5 Å². The van der Waals surface area contributed by atoms with Gasteiger partial charge in [-0.05, 0) is 32.1 Å². The molecule has 1 saturated heterocycles. The van der Waals surface area contributed by atoms with Crippen LogP contribution in [0.1, 0.15) is 16.9 Å². The predicted molar refractivity (Wildman–Crippen MR) is 87.2 cm³/mol. The topological polar surface area (TPSA) is 77.4 Å². The van der Waals surface area contributed by atoms with Gasteiger partial charge in [-0.25, -0.2) is 0 Å². The van der Waals surface area contributed by atoms with Gasteiger partial charge >= 0.3 is 0 Å². The van der Waals surface area contributed by atoms with E-state index in [4.69, 9.17) is 4.42 Å². The van der Waals surface area contributed by atoms with E-state index in [1.165, 1.54) is 0 Å². The Morgan fingerprint density at radius 3 is 2.96 bits per heavy atom. The van der Waals surface area contributed by atoms with Gasteiger partial charge in [0.15, 0.2) is 11.5 Å². The average molecular weight is 317 g/mol. The second-order valence-corrected chi connectivity index (χ2v) is 5.90. The van der Waals surface area contributed by atoms with E-state index in [-0.39, 0.29) is 5.91 Å². The number of amides is 1. The first-order valence-corrected chi connectivity index (χ1v) is 8.01. The summed E-state index contributed by atoms with van der Waals surface area (Å²) in [5.41, 5.74) is 1.09. The lowest BCUT2D eigenvalue weighted by atomic mass is 10.3. The highest BCUT2D eigenvalue weighted by atomic mass is 16.3. The van der Waals surface area contributed by atoms with Crippen molar-refractivity contribution in [2.75, 3.05) is 46.3 Å². The van der Waals surface area contributed by atoms with Crippen molar-refractivity contribution >= 4 is 5.91 Å². The monoisotopic (exact) mass is 317 g/mol. The summed E-state index contributed by atoms with van der Waals surface area (Å²) in [5, 5.41) is 9.77. The number of hydrogen-bond donors (Lipinski definition) is 2. The van der Waals surface area contributed by atoms with Crippen LogP contribution in [-0.4, -0.2) is 72.2 Å². The zero-order valence-corrected chi connectivity index (χ0v) is 13.4. The molecule has 0 saturated carbocycles. The third kappa shape index (κ3) is 4.20. The number of piperazine rings is 1. The number of rotatable bonds is 6. The number of aromatic amines is 1. The molecule has 3 heterocycles. The fourth-order valence-electron chi connectivity index (χ4n) is 2.66. The Morgan fingerprint density at radius 1 is 1.39 bits per heavy atom. The quantitative estimate of drug-likeness (QED) is 0.778. The number of nitrogens with zero attached hydrogens (tertiary/aromatic N) is 3. The number of aromatic nitrogens is 2. The highest BCUT2D eigenvalue weighted by molar-refractivity contribution is 5.93. The van der Waals surface area contributed by atoms with Crippen LogP contribution in [0.15, 0.2) is 28.9 Å². The molecule has 0 aliphatic carbocycles. The summed E-state index contributed by atoms with van der Waals surface area (Å²) in [6.07, 6.45) is 2.54. The van der Waals surface area contributed by atoms with Gasteiger partial charge in [0, 0.05) is 38.8 Å². The fourth-order valence-corrected chi connectivity index (χ4v) is 2.66. The fraction of sp³-hybridized carbons (Fsp3) is 0.500. The van der Waals surface area contributed by atoms with Crippen molar-refractivity contribution < 1.29 is 9.21 Å². The number of H-pyrrole nitrogens is 1. The minimum absolute atomic E-state index is 0.155. The van der Waals surface area contributed by atoms with Crippen LogP contribution in [-0.2, 0) is 0 Å². The molecule has 0 radical (unpaired) electrons. The van der Waals surface area contributed by atoms with Crippen molar-refractivity contribution in [2.45, 2.75) is 6.42 Å². The molecule has 2 N–H and O–H groups in total. The van der Waals surface area contributed by atoms with Gasteiger partial charge in [-0.15, -0.1) is 0 Å². The van der Waals surface area contributed by atoms with Crippen LogP contribution < -0.4 is 5.32 Å². The molecule has 1 fully saturated rings. The molecule has 1 amide bonds. The van der Waals surface area contributed by atoms with Crippen molar-refractivity contribution in [3.63, 3.8) is 0 Å². The molecule has 1 aliphatic heterocycles. The Morgan fingerprint density at radius 2 is 2.22 bits per heavy atom. The molecule has 7 nitrogen and oxygen atoms in total. The standard InChI is InChI=1S/C16H23N5O2/c1-20-7-9-21(10-8-20)6-3-5-17-16(22)14-12-13(18-19-14)15-4-2-11-23-15/h2,4,11-12H,3,5-10H2,1H3,(H,17,22)(H,18,19). The second kappa shape index (κ2) is 7.43. The van der Waals surface area contributed by atoms with Gasteiger partial charge in [0.05, 0.1) is 6.26 Å². The van der Waals surface area contributed by atoms with Crippen molar-refractivity contribution in [1.82, 2.24) is 25.3 Å². The van der Waals surface area contributed by atoms with Gasteiger partial charge in [-0.2, -0.15) is 5.10 Å². The van der Waals surface area contributed by atoms with Gasteiger partial charge < -0.3 is 19.5 Å². The first-order valence-electron chi connectivity index (χ1n) is 8.01. The van der Waals surface area contributed by atoms with Crippen LogP contribution in [0, 0.1) is 0 Å². The summed E-state index contributed by atoms with van der Waals surface area (Å²) in [7, 11) is 2.15. The lowest BCUT2D eigenvalue weighted by molar-refractivity contribution is 0.0944. The SMILES string of the molecule is CN1CCN(CCCNC(=O)c2cc(-c3ccco3)[nH]n2)CC1. The third-order valence-corrected chi connectivity index (χ3v) is 4.13. The maximum absolute atomic E-state index is 12.1. The van der Waals surface area contributed by atoms with Gasteiger partial charge in [-0.1, -0.05) is 0 Å². The van der Waals surface area contributed by atoms with E-state index in [0.29, 0.717) is 23.7 Å². The first-order chi connectivity index (χ1) is 11.2. The lowest BCUT2D eigenvalue weighted by Crippen LogP contribution is -2.45. The van der Waals surface area contributed by atoms with Gasteiger partial charge in [0.1, 0.15) is 5.69 Å². The van der Waals surface area contributed by atoms with E-state index in [9.17, 15) is 4.79 Å². The van der Waals surface area contributed by atoms with Crippen molar-refractivity contribution in [3.05, 3.63) is 30.2 Å². The lowest BCUT2D eigenvalue weighted by Gasteiger charge is -2.32. The number of carbonyl (C=O) groups is 1. The Balaban J connectivity index is 1.40. The smallest absolute Gasteiger partial charge is 0.271 e.